The van der Waals surface area contributed by atoms with E-state index in [0.29, 0.717) is 0 Å². The van der Waals surface area contributed by atoms with Gasteiger partial charge in [0.15, 0.2) is 17.1 Å². The minimum absolute atomic E-state index is 0.0124. The van der Waals surface area contributed by atoms with Crippen molar-refractivity contribution in [2.75, 3.05) is 7.11 Å². The third kappa shape index (κ3) is 3.29. The SMILES string of the molecule is COc1cc(C(=O)O)cc(Cl)c1OC(C)(C)C(=O)O. The van der Waals surface area contributed by atoms with Gasteiger partial charge in [0.2, 0.25) is 0 Å². The van der Waals surface area contributed by atoms with Crippen LogP contribution in [0.1, 0.15) is 24.2 Å². The summed E-state index contributed by atoms with van der Waals surface area (Å²) in [6.07, 6.45) is 0. The lowest BCUT2D eigenvalue weighted by Gasteiger charge is -2.23. The molecule has 0 fully saturated rings. The summed E-state index contributed by atoms with van der Waals surface area (Å²) in [6, 6.07) is 2.38. The first kappa shape index (κ1) is 15.1. The number of hydrogen-bond donors (Lipinski definition) is 2. The Kier molecular flexibility index (Phi) is 4.26. The molecule has 0 aliphatic heterocycles. The normalized spacial score (nSPS) is 10.9. The van der Waals surface area contributed by atoms with Crippen LogP contribution in [0.4, 0.5) is 0 Å². The highest BCUT2D eigenvalue weighted by molar-refractivity contribution is 6.32. The summed E-state index contributed by atoms with van der Waals surface area (Å²) in [5, 5.41) is 17.9. The first-order valence-corrected chi connectivity index (χ1v) is 5.60. The molecule has 6 nitrogen and oxygen atoms in total. The highest BCUT2D eigenvalue weighted by atomic mass is 35.5. The Morgan fingerprint density at radius 2 is 1.84 bits per heavy atom. The topological polar surface area (TPSA) is 93.1 Å². The molecule has 0 saturated heterocycles. The predicted octanol–water partition coefficient (Wildman–Crippen LogP) is 2.29. The first-order valence-electron chi connectivity index (χ1n) is 5.22. The van der Waals surface area contributed by atoms with Gasteiger partial charge >= 0.3 is 11.9 Å². The number of methoxy groups -OCH3 is 1. The van der Waals surface area contributed by atoms with E-state index in [1.54, 1.807) is 0 Å². The summed E-state index contributed by atoms with van der Waals surface area (Å²) in [6.45, 7) is 2.69. The maximum Gasteiger partial charge on any atom is 0.347 e. The van der Waals surface area contributed by atoms with Crippen molar-refractivity contribution >= 4 is 23.5 Å². The summed E-state index contributed by atoms with van der Waals surface area (Å²) < 4.78 is 10.3. The van der Waals surface area contributed by atoms with Crippen molar-refractivity contribution in [3.8, 4) is 11.5 Å². The van der Waals surface area contributed by atoms with Crippen LogP contribution in [0.3, 0.4) is 0 Å². The fraction of sp³-hybridized carbons (Fsp3) is 0.333. The molecular weight excluding hydrogens is 276 g/mol. The molecule has 0 unspecified atom stereocenters. The Morgan fingerprint density at radius 3 is 2.26 bits per heavy atom. The number of aliphatic carboxylic acids is 1. The minimum Gasteiger partial charge on any atom is -0.493 e. The quantitative estimate of drug-likeness (QED) is 0.863. The van der Waals surface area contributed by atoms with E-state index >= 15 is 0 Å². The van der Waals surface area contributed by atoms with Gasteiger partial charge in [0.1, 0.15) is 0 Å². The molecule has 2 N–H and O–H groups in total. The summed E-state index contributed by atoms with van der Waals surface area (Å²) in [7, 11) is 1.30. The maximum atomic E-state index is 11.0. The van der Waals surface area contributed by atoms with E-state index in [9.17, 15) is 9.59 Å². The van der Waals surface area contributed by atoms with Gasteiger partial charge in [0, 0.05) is 0 Å². The Hall–Kier alpha value is -1.95. The Morgan fingerprint density at radius 1 is 1.26 bits per heavy atom. The van der Waals surface area contributed by atoms with Crippen LogP contribution in [-0.4, -0.2) is 34.9 Å². The van der Waals surface area contributed by atoms with Gasteiger partial charge in [0.25, 0.3) is 0 Å². The summed E-state index contributed by atoms with van der Waals surface area (Å²) in [4.78, 5) is 21.9. The van der Waals surface area contributed by atoms with Gasteiger partial charge in [-0.15, -0.1) is 0 Å². The minimum atomic E-state index is -1.53. The molecule has 104 valence electrons. The maximum absolute atomic E-state index is 11.0. The van der Waals surface area contributed by atoms with Gasteiger partial charge in [-0.25, -0.2) is 9.59 Å². The van der Waals surface area contributed by atoms with Crippen LogP contribution in [0, 0.1) is 0 Å². The fourth-order valence-corrected chi connectivity index (χ4v) is 1.49. The molecule has 0 aliphatic carbocycles. The molecule has 0 amide bonds. The second kappa shape index (κ2) is 5.36. The van der Waals surface area contributed by atoms with Crippen LogP contribution >= 0.6 is 11.6 Å². The van der Waals surface area contributed by atoms with Crippen LogP contribution in [0.25, 0.3) is 0 Å². The Balaban J connectivity index is 3.28. The number of aromatic carboxylic acids is 1. The Labute approximate surface area is 114 Å². The molecule has 0 bridgehead atoms. The third-order valence-electron chi connectivity index (χ3n) is 2.35. The van der Waals surface area contributed by atoms with Crippen LogP contribution in [0.2, 0.25) is 5.02 Å². The average molecular weight is 289 g/mol. The molecule has 1 rings (SSSR count). The molecule has 0 aromatic heterocycles. The molecule has 1 aromatic carbocycles. The van der Waals surface area contributed by atoms with Crippen molar-refractivity contribution < 1.29 is 29.3 Å². The predicted molar refractivity (Wildman–Crippen MR) is 67.3 cm³/mol. The lowest BCUT2D eigenvalue weighted by Crippen LogP contribution is -2.38. The summed E-state index contributed by atoms with van der Waals surface area (Å²) in [5.74, 6) is -2.32. The zero-order chi connectivity index (χ0) is 14.8. The second-order valence-electron chi connectivity index (χ2n) is 4.21. The van der Waals surface area contributed by atoms with Crippen LogP contribution in [-0.2, 0) is 4.79 Å². The number of hydrogen-bond acceptors (Lipinski definition) is 4. The van der Waals surface area contributed by atoms with Crippen LogP contribution in [0.15, 0.2) is 12.1 Å². The number of carboxylic acids is 2. The summed E-state index contributed by atoms with van der Waals surface area (Å²) >= 11 is 5.91. The molecule has 7 heteroatoms. The number of ether oxygens (including phenoxy) is 2. The molecule has 0 aliphatic rings. The number of benzene rings is 1. The van der Waals surface area contributed by atoms with Crippen molar-refractivity contribution in [1.29, 1.82) is 0 Å². The van der Waals surface area contributed by atoms with Crippen LogP contribution < -0.4 is 9.47 Å². The zero-order valence-corrected chi connectivity index (χ0v) is 11.3. The molecule has 0 spiro atoms. The number of rotatable bonds is 5. The number of carbonyl (C=O) groups is 2. The van der Waals surface area contributed by atoms with Gasteiger partial charge in [0.05, 0.1) is 17.7 Å². The highest BCUT2D eigenvalue weighted by Crippen LogP contribution is 2.38. The number of halogens is 1. The van der Waals surface area contributed by atoms with Gasteiger partial charge in [-0.05, 0) is 26.0 Å². The van der Waals surface area contributed by atoms with Crippen LogP contribution in [0.5, 0.6) is 11.5 Å². The van der Waals surface area contributed by atoms with Crippen molar-refractivity contribution in [2.24, 2.45) is 0 Å². The van der Waals surface area contributed by atoms with E-state index in [0.717, 1.165) is 0 Å². The zero-order valence-electron chi connectivity index (χ0n) is 10.6. The third-order valence-corrected chi connectivity index (χ3v) is 2.63. The smallest absolute Gasteiger partial charge is 0.347 e. The molecular formula is C12H13ClO6. The second-order valence-corrected chi connectivity index (χ2v) is 4.62. The average Bonchev–Trinajstić information content (AvgIpc) is 2.30. The lowest BCUT2D eigenvalue weighted by molar-refractivity contribution is -0.152. The largest absolute Gasteiger partial charge is 0.493 e. The van der Waals surface area contributed by atoms with E-state index in [1.807, 2.05) is 0 Å². The van der Waals surface area contributed by atoms with E-state index < -0.39 is 17.5 Å². The molecule has 19 heavy (non-hydrogen) atoms. The van der Waals surface area contributed by atoms with Crippen molar-refractivity contribution in [1.82, 2.24) is 0 Å². The molecule has 0 saturated carbocycles. The van der Waals surface area contributed by atoms with E-state index in [1.165, 1.54) is 33.1 Å². The van der Waals surface area contributed by atoms with Gasteiger partial charge in [-0.1, -0.05) is 11.6 Å². The monoisotopic (exact) mass is 288 g/mol. The van der Waals surface area contributed by atoms with E-state index in [2.05, 4.69) is 0 Å². The van der Waals surface area contributed by atoms with Crippen molar-refractivity contribution in [2.45, 2.75) is 19.4 Å². The van der Waals surface area contributed by atoms with E-state index in [-0.39, 0.29) is 22.1 Å². The molecule has 0 atom stereocenters. The number of carboxylic acid groups (broad SMARTS) is 2. The van der Waals surface area contributed by atoms with Gasteiger partial charge < -0.3 is 19.7 Å². The fourth-order valence-electron chi connectivity index (χ4n) is 1.24. The van der Waals surface area contributed by atoms with Gasteiger partial charge in [-0.2, -0.15) is 0 Å². The Bertz CT molecular complexity index is 523. The summed E-state index contributed by atoms with van der Waals surface area (Å²) in [5.41, 5.74) is -1.61. The molecule has 0 radical (unpaired) electrons. The van der Waals surface area contributed by atoms with E-state index in [4.69, 9.17) is 31.3 Å². The standard InChI is InChI=1S/C12H13ClO6/c1-12(2,11(16)17)19-9-7(13)4-6(10(14)15)5-8(9)18-3/h4-5H,1-3H3,(H,14,15)(H,16,17). The first-order chi connectivity index (χ1) is 8.69. The molecule has 0 heterocycles. The van der Waals surface area contributed by atoms with Crippen molar-refractivity contribution in [3.05, 3.63) is 22.7 Å². The van der Waals surface area contributed by atoms with Gasteiger partial charge in [-0.3, -0.25) is 0 Å². The van der Waals surface area contributed by atoms with Crippen molar-refractivity contribution in [3.63, 3.8) is 0 Å². The highest BCUT2D eigenvalue weighted by Gasteiger charge is 2.32. The lowest BCUT2D eigenvalue weighted by atomic mass is 10.1. The molecule has 1 aromatic rings.